The van der Waals surface area contributed by atoms with Crippen molar-refractivity contribution in [1.82, 2.24) is 20.3 Å². The number of amidine groups is 1. The number of hydrazone groups is 1. The number of pyridine rings is 1. The fourth-order valence-electron chi connectivity index (χ4n) is 3.76. The Bertz CT molecular complexity index is 1410. The molecule has 32 heavy (non-hydrogen) atoms. The summed E-state index contributed by atoms with van der Waals surface area (Å²) in [6, 6.07) is 17.0. The highest BCUT2D eigenvalue weighted by Gasteiger charge is 2.27. The largest absolute Gasteiger partial charge is 0.353 e. The normalized spacial score (nSPS) is 15.2. The monoisotopic (exact) mass is 463 g/mol. The van der Waals surface area contributed by atoms with Crippen molar-refractivity contribution < 1.29 is 9.59 Å². The first kappa shape index (κ1) is 20.5. The molecule has 0 bridgehead atoms. The van der Waals surface area contributed by atoms with Crippen molar-refractivity contribution in [2.24, 2.45) is 5.10 Å². The number of amides is 2. The second-order valence-corrected chi connectivity index (χ2v) is 8.54. The number of aromatic nitrogens is 2. The van der Waals surface area contributed by atoms with Crippen LogP contribution in [-0.2, 0) is 4.79 Å². The quantitative estimate of drug-likeness (QED) is 0.431. The van der Waals surface area contributed by atoms with Gasteiger partial charge < -0.3 is 4.98 Å². The Morgan fingerprint density at radius 1 is 1.22 bits per heavy atom. The van der Waals surface area contributed by atoms with Crippen molar-refractivity contribution in [3.05, 3.63) is 65.3 Å². The second kappa shape index (κ2) is 8.29. The van der Waals surface area contributed by atoms with Crippen LogP contribution in [-0.4, -0.2) is 44.1 Å². The van der Waals surface area contributed by atoms with E-state index in [4.69, 9.17) is 11.6 Å². The van der Waals surface area contributed by atoms with E-state index in [1.807, 2.05) is 49.4 Å². The van der Waals surface area contributed by atoms with Crippen LogP contribution in [0.4, 0.5) is 0 Å². The van der Waals surface area contributed by atoms with Crippen LogP contribution >= 0.6 is 23.4 Å². The van der Waals surface area contributed by atoms with Crippen LogP contribution < -0.4 is 5.43 Å². The summed E-state index contributed by atoms with van der Waals surface area (Å²) in [5.41, 5.74) is 5.81. The predicted octanol–water partition coefficient (Wildman–Crippen LogP) is 4.63. The van der Waals surface area contributed by atoms with Crippen LogP contribution in [0, 0.1) is 0 Å². The molecule has 0 atom stereocenters. The number of aromatic amines is 1. The van der Waals surface area contributed by atoms with E-state index in [0.717, 1.165) is 27.4 Å². The molecule has 1 aliphatic rings. The fraction of sp³-hybridized carbons (Fsp3) is 0.130. The maximum atomic E-state index is 13.0. The molecule has 3 heterocycles. The first-order valence-corrected chi connectivity index (χ1v) is 11.4. The van der Waals surface area contributed by atoms with E-state index in [9.17, 15) is 9.59 Å². The molecule has 5 rings (SSSR count). The number of thioether (sulfide) groups is 1. The lowest BCUT2D eigenvalue weighted by molar-refractivity contribution is -0.123. The van der Waals surface area contributed by atoms with Gasteiger partial charge in [-0.3, -0.25) is 14.5 Å². The summed E-state index contributed by atoms with van der Waals surface area (Å²) < 4.78 is 0. The van der Waals surface area contributed by atoms with Crippen molar-refractivity contribution in [1.29, 1.82) is 0 Å². The van der Waals surface area contributed by atoms with Crippen LogP contribution in [0.3, 0.4) is 0 Å². The van der Waals surface area contributed by atoms with Gasteiger partial charge >= 0.3 is 0 Å². The molecule has 4 aromatic rings. The summed E-state index contributed by atoms with van der Waals surface area (Å²) in [4.78, 5) is 34.5. The molecule has 0 radical (unpaired) electrons. The van der Waals surface area contributed by atoms with Gasteiger partial charge in [-0.05, 0) is 25.1 Å². The lowest BCUT2D eigenvalue weighted by atomic mass is 10.1. The first-order chi connectivity index (χ1) is 15.6. The lowest BCUT2D eigenvalue weighted by Crippen LogP contribution is -2.31. The first-order valence-electron chi connectivity index (χ1n) is 10.0. The molecule has 7 nitrogen and oxygen atoms in total. The molecule has 1 aliphatic heterocycles. The Morgan fingerprint density at radius 3 is 2.81 bits per heavy atom. The third-order valence-corrected chi connectivity index (χ3v) is 6.57. The topological polar surface area (TPSA) is 90.5 Å². The van der Waals surface area contributed by atoms with Crippen molar-refractivity contribution in [2.45, 2.75) is 6.92 Å². The molecular weight excluding hydrogens is 446 g/mol. The van der Waals surface area contributed by atoms with E-state index in [-0.39, 0.29) is 11.6 Å². The highest BCUT2D eigenvalue weighted by molar-refractivity contribution is 8.15. The molecule has 0 spiro atoms. The zero-order valence-corrected chi connectivity index (χ0v) is 18.6. The number of para-hydroxylation sites is 1. The summed E-state index contributed by atoms with van der Waals surface area (Å²) in [6.07, 6.45) is 0. The number of hydrogen-bond donors (Lipinski definition) is 2. The number of carbonyl (C=O) groups is 2. The maximum Gasteiger partial charge on any atom is 0.290 e. The van der Waals surface area contributed by atoms with Crippen LogP contribution in [0.15, 0.2) is 59.7 Å². The Labute approximate surface area is 192 Å². The van der Waals surface area contributed by atoms with Crippen molar-refractivity contribution >= 4 is 62.2 Å². The van der Waals surface area contributed by atoms with Gasteiger partial charge in [-0.1, -0.05) is 59.8 Å². The third-order valence-electron chi connectivity index (χ3n) is 5.28. The van der Waals surface area contributed by atoms with E-state index < -0.39 is 5.91 Å². The highest BCUT2D eigenvalue weighted by atomic mass is 35.5. The molecule has 1 fully saturated rings. The van der Waals surface area contributed by atoms with E-state index >= 15 is 0 Å². The Hall–Kier alpha value is -3.36. The van der Waals surface area contributed by atoms with E-state index in [0.29, 0.717) is 28.2 Å². The summed E-state index contributed by atoms with van der Waals surface area (Å²) in [5.74, 6) is -0.169. The minimum atomic E-state index is -0.464. The van der Waals surface area contributed by atoms with Gasteiger partial charge in [-0.2, -0.15) is 0 Å². The van der Waals surface area contributed by atoms with Gasteiger partial charge in [0.05, 0.1) is 22.0 Å². The number of fused-ring (bicyclic) bond motifs is 3. The van der Waals surface area contributed by atoms with Gasteiger partial charge in [0.2, 0.25) is 5.91 Å². The molecule has 1 saturated heterocycles. The molecule has 0 saturated carbocycles. The average Bonchev–Trinajstić information content (AvgIpc) is 3.37. The molecule has 2 amide bonds. The summed E-state index contributed by atoms with van der Waals surface area (Å²) in [5, 5.41) is 7.02. The number of nitrogens with zero attached hydrogens (tertiary/aromatic N) is 3. The molecule has 2 aromatic heterocycles. The highest BCUT2D eigenvalue weighted by Crippen LogP contribution is 2.35. The van der Waals surface area contributed by atoms with E-state index in [1.165, 1.54) is 16.7 Å². The van der Waals surface area contributed by atoms with Gasteiger partial charge in [0, 0.05) is 28.4 Å². The van der Waals surface area contributed by atoms with Gasteiger partial charge in [-0.25, -0.2) is 10.4 Å². The molecule has 0 unspecified atom stereocenters. The smallest absolute Gasteiger partial charge is 0.290 e. The van der Waals surface area contributed by atoms with Crippen molar-refractivity contribution in [3.8, 4) is 11.3 Å². The number of nitrogens with one attached hydrogen (secondary N) is 2. The Morgan fingerprint density at radius 2 is 2.00 bits per heavy atom. The summed E-state index contributed by atoms with van der Waals surface area (Å²) in [7, 11) is 0. The minimum Gasteiger partial charge on any atom is -0.353 e. The predicted molar refractivity (Wildman–Crippen MR) is 129 cm³/mol. The van der Waals surface area contributed by atoms with Crippen LogP contribution in [0.2, 0.25) is 5.02 Å². The average molecular weight is 464 g/mol. The molecule has 2 N–H and O–H groups in total. The van der Waals surface area contributed by atoms with Gasteiger partial charge in [-0.15, -0.1) is 5.10 Å². The van der Waals surface area contributed by atoms with Crippen LogP contribution in [0.25, 0.3) is 33.1 Å². The SMILES string of the molecule is CCN1C(=O)CS/C1=N\NC(=O)c1cc2c([nH]c3ccccc32)c(-c2ccccc2Cl)n1. The Balaban J connectivity index is 1.62. The number of halogens is 1. The standard InChI is InChI=1S/C23H18ClN5O2S/c1-2-29-19(30)12-32-23(29)28-27-22(31)18-11-15-13-7-4-6-10-17(13)25-21(15)20(26-18)14-8-3-5-9-16(14)24/h3-11,25H,2,12H2,1H3,(H,27,31)/b28-23-. The van der Waals surface area contributed by atoms with Gasteiger partial charge in [0.15, 0.2) is 5.17 Å². The van der Waals surface area contributed by atoms with E-state index in [2.05, 4.69) is 20.5 Å². The molecule has 2 aromatic carbocycles. The number of H-pyrrole nitrogens is 1. The number of carbonyl (C=O) groups excluding carboxylic acids is 2. The molecule has 160 valence electrons. The molecule has 0 aliphatic carbocycles. The van der Waals surface area contributed by atoms with Crippen LogP contribution in [0.5, 0.6) is 0 Å². The third kappa shape index (κ3) is 3.51. The number of benzene rings is 2. The van der Waals surface area contributed by atoms with Crippen molar-refractivity contribution in [3.63, 3.8) is 0 Å². The summed E-state index contributed by atoms with van der Waals surface area (Å²) >= 11 is 7.76. The second-order valence-electron chi connectivity index (χ2n) is 7.19. The van der Waals surface area contributed by atoms with E-state index in [1.54, 1.807) is 12.1 Å². The maximum absolute atomic E-state index is 13.0. The number of hydrogen-bond acceptors (Lipinski definition) is 5. The van der Waals surface area contributed by atoms with Crippen molar-refractivity contribution in [2.75, 3.05) is 12.3 Å². The summed E-state index contributed by atoms with van der Waals surface area (Å²) in [6.45, 7) is 2.36. The number of rotatable bonds is 4. The fourth-order valence-corrected chi connectivity index (χ4v) is 4.89. The van der Waals surface area contributed by atoms with Crippen LogP contribution in [0.1, 0.15) is 17.4 Å². The zero-order chi connectivity index (χ0) is 22.2. The Kier molecular flexibility index (Phi) is 5.32. The minimum absolute atomic E-state index is 0.0233. The van der Waals surface area contributed by atoms with Gasteiger partial charge in [0.1, 0.15) is 5.69 Å². The van der Waals surface area contributed by atoms with Gasteiger partial charge in [0.25, 0.3) is 5.91 Å². The molecular formula is C23H18ClN5O2S. The zero-order valence-electron chi connectivity index (χ0n) is 17.1. The molecule has 9 heteroatoms. The lowest BCUT2D eigenvalue weighted by Gasteiger charge is -2.12.